The Balaban J connectivity index is 2.98. The quantitative estimate of drug-likeness (QED) is 0.0462. The van der Waals surface area contributed by atoms with Crippen LogP contribution in [0.4, 0.5) is 0 Å². The Labute approximate surface area is 327 Å². The number of nitrogens with two attached hydrogens (primary N) is 2. The first kappa shape index (κ1) is 48.8. The Kier molecular flexibility index (Phi) is 20.8. The van der Waals surface area contributed by atoms with Crippen LogP contribution < -0.4 is 54.0 Å². The number of hydrogen-bond donors (Lipinski definition) is 13. The smallest absolute Gasteiger partial charge is 0.325 e. The molecule has 0 unspecified atom stereocenters. The topological polar surface area (TPSA) is 380 Å². The van der Waals surface area contributed by atoms with Crippen LogP contribution in [0, 0.1) is 0 Å². The van der Waals surface area contributed by atoms with Crippen molar-refractivity contribution in [3.63, 3.8) is 0 Å². The molecule has 0 radical (unpaired) electrons. The molecule has 23 heteroatoms. The van der Waals surface area contributed by atoms with E-state index in [0.29, 0.717) is 5.56 Å². The van der Waals surface area contributed by atoms with Gasteiger partial charge in [-0.2, -0.15) is 0 Å². The van der Waals surface area contributed by atoms with Crippen molar-refractivity contribution in [2.75, 3.05) is 19.6 Å². The third kappa shape index (κ3) is 18.3. The van der Waals surface area contributed by atoms with E-state index in [-0.39, 0.29) is 19.3 Å². The van der Waals surface area contributed by atoms with E-state index in [0.717, 1.165) is 13.8 Å². The Morgan fingerprint density at radius 2 is 1.12 bits per heavy atom. The minimum atomic E-state index is -1.70. The van der Waals surface area contributed by atoms with Crippen molar-refractivity contribution in [1.82, 2.24) is 42.5 Å². The van der Waals surface area contributed by atoms with Crippen LogP contribution in [-0.2, 0) is 54.4 Å². The lowest BCUT2D eigenvalue weighted by Gasteiger charge is -2.26. The number of carboxylic acids is 1. The van der Waals surface area contributed by atoms with Crippen molar-refractivity contribution in [1.29, 1.82) is 0 Å². The summed E-state index contributed by atoms with van der Waals surface area (Å²) in [6.07, 6.45) is -3.74. The molecular formula is C34H52N10O13. The predicted molar refractivity (Wildman–Crippen MR) is 198 cm³/mol. The van der Waals surface area contributed by atoms with Crippen LogP contribution in [0.2, 0.25) is 0 Å². The summed E-state index contributed by atoms with van der Waals surface area (Å²) < 4.78 is 0. The molecule has 0 aliphatic rings. The molecule has 0 saturated heterocycles. The lowest BCUT2D eigenvalue weighted by molar-refractivity contribution is -0.141. The number of carboxylic acid groups (broad SMARTS) is 1. The number of carbonyl (C=O) groups excluding carboxylic acids is 9. The van der Waals surface area contributed by atoms with Gasteiger partial charge in [0.15, 0.2) is 0 Å². The Bertz CT molecular complexity index is 1610. The summed E-state index contributed by atoms with van der Waals surface area (Å²) in [5.41, 5.74) is 11.1. The summed E-state index contributed by atoms with van der Waals surface area (Å²) in [5, 5.41) is 47.5. The molecular weight excluding hydrogens is 756 g/mol. The highest BCUT2D eigenvalue weighted by Crippen LogP contribution is 2.07. The first-order chi connectivity index (χ1) is 26.7. The Morgan fingerprint density at radius 1 is 0.596 bits per heavy atom. The van der Waals surface area contributed by atoms with Gasteiger partial charge in [-0.25, -0.2) is 0 Å². The predicted octanol–water partition coefficient (Wildman–Crippen LogP) is -6.52. The summed E-state index contributed by atoms with van der Waals surface area (Å²) in [7, 11) is 0. The van der Waals surface area contributed by atoms with Crippen LogP contribution in [0.25, 0.3) is 0 Å². The van der Waals surface area contributed by atoms with E-state index < -0.39 is 127 Å². The Hall–Kier alpha value is -6.20. The number of aliphatic carboxylic acids is 1. The first-order valence-corrected chi connectivity index (χ1v) is 17.6. The number of nitrogens with one attached hydrogen (secondary N) is 8. The van der Waals surface area contributed by atoms with Gasteiger partial charge in [-0.1, -0.05) is 30.3 Å². The Morgan fingerprint density at radius 3 is 1.65 bits per heavy atom. The molecule has 0 fully saturated rings. The van der Waals surface area contributed by atoms with Gasteiger partial charge in [0.1, 0.15) is 36.3 Å². The second-order valence-corrected chi connectivity index (χ2v) is 12.9. The van der Waals surface area contributed by atoms with Crippen LogP contribution in [0.5, 0.6) is 0 Å². The van der Waals surface area contributed by atoms with E-state index in [1.807, 2.05) is 0 Å². The number of amides is 9. The molecule has 0 heterocycles. The average Bonchev–Trinajstić information content (AvgIpc) is 3.14. The van der Waals surface area contributed by atoms with Gasteiger partial charge < -0.3 is 69.3 Å². The fourth-order valence-electron chi connectivity index (χ4n) is 4.75. The number of carbonyl (C=O) groups is 10. The molecule has 0 bridgehead atoms. The van der Waals surface area contributed by atoms with Crippen molar-refractivity contribution in [3.8, 4) is 0 Å². The average molecular weight is 809 g/mol. The largest absolute Gasteiger partial charge is 0.480 e. The molecule has 57 heavy (non-hydrogen) atoms. The maximum Gasteiger partial charge on any atom is 0.325 e. The normalized spacial score (nSPS) is 14.9. The minimum Gasteiger partial charge on any atom is -0.480 e. The van der Waals surface area contributed by atoms with Gasteiger partial charge in [-0.15, -0.1) is 0 Å². The number of hydrogen-bond acceptors (Lipinski definition) is 13. The minimum absolute atomic E-state index is 0.132. The highest BCUT2D eigenvalue weighted by atomic mass is 16.4. The SMILES string of the molecule is C[C@H](NC(=O)CNC(=O)[C@H](C)NC(=O)[C@@H](NC(=O)CNC(=O)[C@@H](NC(=O)[C@H](Cc1ccccc1)NC(=O)[C@H](CCC(N)=O)NC(=O)CN)[C@@H](C)O)[C@@H](C)O)C(=O)O. The zero-order valence-electron chi connectivity index (χ0n) is 31.8. The number of aliphatic hydroxyl groups excluding tert-OH is 2. The maximum atomic E-state index is 13.6. The van der Waals surface area contributed by atoms with Gasteiger partial charge in [0.2, 0.25) is 53.2 Å². The summed E-state index contributed by atoms with van der Waals surface area (Å²) in [6, 6.07) is -0.264. The number of aliphatic hydroxyl groups is 2. The van der Waals surface area contributed by atoms with Crippen molar-refractivity contribution in [2.45, 2.75) is 95.4 Å². The van der Waals surface area contributed by atoms with E-state index in [1.54, 1.807) is 30.3 Å². The van der Waals surface area contributed by atoms with Gasteiger partial charge in [-0.05, 0) is 39.7 Å². The molecule has 0 saturated carbocycles. The lowest BCUT2D eigenvalue weighted by Crippen LogP contribution is -2.60. The molecule has 1 rings (SSSR count). The molecule has 316 valence electrons. The highest BCUT2D eigenvalue weighted by Gasteiger charge is 2.33. The molecule has 8 atom stereocenters. The van der Waals surface area contributed by atoms with Crippen molar-refractivity contribution < 1.29 is 63.3 Å². The standard InChI is InChI=1S/C34H52N10O13/c1-16(29(51)37-14-25(49)39-17(2)34(56)57)40-33(55)28(19(4)46)43-26(50)15-38-32(54)27(18(3)45)44-31(53)22(12-20-8-6-5-7-9-20)42-30(52)21(10-11-23(36)47)41-24(48)13-35/h5-9,16-19,21-22,27-28,45-46H,10-15,35H2,1-4H3,(H2,36,47)(H,37,51)(H,38,54)(H,39,49)(H,40,55)(H,41,48)(H,42,52)(H,43,50)(H,44,53)(H,56,57)/t16-,17-,18+,19+,21-,22-,27-,28-/m0/s1. The summed E-state index contributed by atoms with van der Waals surface area (Å²) in [6.45, 7) is 2.82. The van der Waals surface area contributed by atoms with E-state index in [9.17, 15) is 58.2 Å². The molecule has 0 aliphatic heterocycles. The van der Waals surface area contributed by atoms with Gasteiger partial charge in [0.05, 0.1) is 31.8 Å². The van der Waals surface area contributed by atoms with Crippen LogP contribution in [0.3, 0.4) is 0 Å². The zero-order valence-corrected chi connectivity index (χ0v) is 31.8. The van der Waals surface area contributed by atoms with Crippen LogP contribution >= 0.6 is 0 Å². The summed E-state index contributed by atoms with van der Waals surface area (Å²) in [5.74, 6) is -9.44. The molecule has 23 nitrogen and oxygen atoms in total. The second-order valence-electron chi connectivity index (χ2n) is 12.9. The third-order valence-corrected chi connectivity index (χ3v) is 7.92. The first-order valence-electron chi connectivity index (χ1n) is 17.6. The monoisotopic (exact) mass is 808 g/mol. The van der Waals surface area contributed by atoms with Crippen LogP contribution in [0.1, 0.15) is 46.1 Å². The number of benzene rings is 1. The van der Waals surface area contributed by atoms with Crippen molar-refractivity contribution >= 4 is 59.1 Å². The third-order valence-electron chi connectivity index (χ3n) is 7.92. The molecule has 1 aromatic carbocycles. The van der Waals surface area contributed by atoms with Crippen LogP contribution in [-0.4, -0.2) is 143 Å². The van der Waals surface area contributed by atoms with E-state index in [1.165, 1.54) is 13.8 Å². The molecule has 0 spiro atoms. The summed E-state index contributed by atoms with van der Waals surface area (Å²) in [4.78, 5) is 124. The fraction of sp³-hybridized carbons (Fsp3) is 0.529. The highest BCUT2D eigenvalue weighted by molar-refractivity contribution is 5.97. The second kappa shape index (κ2) is 24.3. The van der Waals surface area contributed by atoms with Gasteiger partial charge in [-0.3, -0.25) is 47.9 Å². The lowest BCUT2D eigenvalue weighted by atomic mass is 10.0. The van der Waals surface area contributed by atoms with Crippen molar-refractivity contribution in [3.05, 3.63) is 35.9 Å². The molecule has 15 N–H and O–H groups in total. The maximum absolute atomic E-state index is 13.6. The van der Waals surface area contributed by atoms with Crippen molar-refractivity contribution in [2.24, 2.45) is 11.5 Å². The number of rotatable bonds is 24. The molecule has 9 amide bonds. The van der Waals surface area contributed by atoms with Gasteiger partial charge >= 0.3 is 5.97 Å². The molecule has 1 aromatic rings. The van der Waals surface area contributed by atoms with Gasteiger partial charge in [0, 0.05) is 12.8 Å². The molecule has 0 aliphatic carbocycles. The van der Waals surface area contributed by atoms with E-state index in [4.69, 9.17) is 16.6 Å². The zero-order chi connectivity index (χ0) is 43.4. The molecule has 0 aromatic heterocycles. The fourth-order valence-corrected chi connectivity index (χ4v) is 4.75. The summed E-state index contributed by atoms with van der Waals surface area (Å²) >= 11 is 0. The van der Waals surface area contributed by atoms with Gasteiger partial charge in [0.25, 0.3) is 0 Å². The van der Waals surface area contributed by atoms with E-state index >= 15 is 0 Å². The van der Waals surface area contributed by atoms with Crippen LogP contribution in [0.15, 0.2) is 30.3 Å². The number of primary amides is 1. The van der Waals surface area contributed by atoms with E-state index in [2.05, 4.69) is 42.5 Å².